The van der Waals surface area contributed by atoms with Crippen molar-refractivity contribution < 1.29 is 43.0 Å². The fourth-order valence-corrected chi connectivity index (χ4v) is 5.55. The number of aliphatic carboxylic acids is 2. The molecule has 0 bridgehead atoms. The van der Waals surface area contributed by atoms with E-state index in [1.54, 1.807) is 0 Å². The second-order valence-electron chi connectivity index (χ2n) is 8.37. The lowest BCUT2D eigenvalue weighted by Crippen LogP contribution is -2.37. The van der Waals surface area contributed by atoms with E-state index in [9.17, 15) is 43.0 Å². The van der Waals surface area contributed by atoms with Crippen molar-refractivity contribution in [2.24, 2.45) is 0 Å². The van der Waals surface area contributed by atoms with E-state index in [0.29, 0.717) is 0 Å². The molecular weight excluding hydrogens is 574 g/mol. The molecule has 13 nitrogen and oxygen atoms in total. The highest BCUT2D eigenvalue weighted by Crippen LogP contribution is 2.30. The lowest BCUT2D eigenvalue weighted by molar-refractivity contribution is -0.139. The van der Waals surface area contributed by atoms with Crippen LogP contribution in [0.2, 0.25) is 0 Å². The number of hydrogen-bond acceptors (Lipinski definition) is 11. The average molecular weight is 601 g/mol. The number of nitrogens with zero attached hydrogens (tertiary/aromatic N) is 4. The second-order valence-corrected chi connectivity index (χ2v) is 10.6. The van der Waals surface area contributed by atoms with Crippen LogP contribution in [0.25, 0.3) is 0 Å². The fourth-order valence-electron chi connectivity index (χ4n) is 3.34. The standard InChI is InChI=1S/C23H26F2N6O7S2/c1-11(32)30-20(22(35)36)39-9-13(16-5-28-18(24)7-26-16)3-15(34)4-14(17-6-29-19(25)8-27-17)10-40-21(23(37)38)31-12(2)33/h5-8,13-14,20-21H,3-4,9-10H2,1-2H3,(H,30,32)(H,31,33)(H,35,36)(H,37,38)/t13?,14?,20-,21-/m0/s1. The van der Waals surface area contributed by atoms with Crippen molar-refractivity contribution in [2.75, 3.05) is 11.5 Å². The number of halogens is 2. The molecular formula is C23H26F2N6O7S2. The molecule has 0 saturated heterocycles. The van der Waals surface area contributed by atoms with Crippen LogP contribution in [0.15, 0.2) is 24.8 Å². The van der Waals surface area contributed by atoms with Gasteiger partial charge in [-0.2, -0.15) is 8.78 Å². The maximum absolute atomic E-state index is 13.4. The maximum Gasteiger partial charge on any atom is 0.336 e. The van der Waals surface area contributed by atoms with Crippen molar-refractivity contribution in [3.05, 3.63) is 48.1 Å². The van der Waals surface area contributed by atoms with Gasteiger partial charge < -0.3 is 20.8 Å². The number of aromatic nitrogens is 4. The summed E-state index contributed by atoms with van der Waals surface area (Å²) in [6, 6.07) is 0. The molecule has 2 aromatic rings. The van der Waals surface area contributed by atoms with Crippen molar-refractivity contribution in [1.82, 2.24) is 30.6 Å². The summed E-state index contributed by atoms with van der Waals surface area (Å²) in [7, 11) is 0. The quantitative estimate of drug-likeness (QED) is 0.201. The first-order valence-electron chi connectivity index (χ1n) is 11.5. The number of Topliss-reactive ketones (excluding diaryl/α,β-unsaturated/α-hetero) is 1. The lowest BCUT2D eigenvalue weighted by Gasteiger charge is -2.21. The predicted octanol–water partition coefficient (Wildman–Crippen LogP) is 1.32. The van der Waals surface area contributed by atoms with Crippen LogP contribution in [0.5, 0.6) is 0 Å². The van der Waals surface area contributed by atoms with Gasteiger partial charge in [0.15, 0.2) is 10.7 Å². The molecule has 0 aliphatic heterocycles. The molecule has 2 unspecified atom stereocenters. The number of carbonyl (C=O) groups excluding carboxylic acids is 3. The Labute approximate surface area is 235 Å². The van der Waals surface area contributed by atoms with E-state index in [1.165, 1.54) is 0 Å². The van der Waals surface area contributed by atoms with Gasteiger partial charge in [0.25, 0.3) is 0 Å². The Morgan fingerprint density at radius 1 is 0.725 bits per heavy atom. The van der Waals surface area contributed by atoms with Crippen LogP contribution in [-0.2, 0) is 24.0 Å². The Morgan fingerprint density at radius 2 is 1.10 bits per heavy atom. The van der Waals surface area contributed by atoms with Gasteiger partial charge >= 0.3 is 11.9 Å². The van der Waals surface area contributed by atoms with E-state index >= 15 is 0 Å². The predicted molar refractivity (Wildman–Crippen MR) is 139 cm³/mol. The summed E-state index contributed by atoms with van der Waals surface area (Å²) >= 11 is 1.66. The van der Waals surface area contributed by atoms with Gasteiger partial charge in [0, 0.05) is 50.0 Å². The Kier molecular flexibility index (Phi) is 12.8. The van der Waals surface area contributed by atoms with Gasteiger partial charge in [0.2, 0.25) is 23.7 Å². The number of carboxylic acid groups (broad SMARTS) is 2. The Balaban J connectivity index is 2.24. The summed E-state index contributed by atoms with van der Waals surface area (Å²) in [5.74, 6) is -7.37. The molecule has 0 aliphatic rings. The SMILES string of the molecule is CC(=O)N[C@@H](SCC(CC(=O)CC(CS[C@H](NC(C)=O)C(=O)O)c1cnc(F)cn1)c1cnc(F)cn1)C(=O)O. The minimum Gasteiger partial charge on any atom is -0.479 e. The number of nitrogens with one attached hydrogen (secondary N) is 2. The van der Waals surface area contributed by atoms with Crippen molar-refractivity contribution in [3.8, 4) is 0 Å². The van der Waals surface area contributed by atoms with Crippen LogP contribution in [0.1, 0.15) is 49.9 Å². The van der Waals surface area contributed by atoms with E-state index < -0.39 is 58.2 Å². The van der Waals surface area contributed by atoms with E-state index in [2.05, 4.69) is 30.6 Å². The number of hydrogen-bond donors (Lipinski definition) is 4. The first-order valence-corrected chi connectivity index (χ1v) is 13.6. The van der Waals surface area contributed by atoms with Crippen LogP contribution in [0, 0.1) is 11.9 Å². The Morgan fingerprint density at radius 3 is 1.38 bits per heavy atom. The zero-order chi connectivity index (χ0) is 29.8. The molecule has 0 aromatic carbocycles. The molecule has 4 atom stereocenters. The topological polar surface area (TPSA) is 201 Å². The second kappa shape index (κ2) is 15.8. The Bertz CT molecular complexity index is 1120. The molecule has 0 saturated carbocycles. The number of rotatable bonds is 16. The van der Waals surface area contributed by atoms with Crippen molar-refractivity contribution in [1.29, 1.82) is 0 Å². The summed E-state index contributed by atoms with van der Waals surface area (Å²) in [5.41, 5.74) is 0.414. The number of carbonyl (C=O) groups is 5. The minimum absolute atomic E-state index is 0.0112. The largest absolute Gasteiger partial charge is 0.479 e. The number of carboxylic acids is 2. The lowest BCUT2D eigenvalue weighted by atomic mass is 9.94. The van der Waals surface area contributed by atoms with Crippen molar-refractivity contribution in [3.63, 3.8) is 0 Å². The van der Waals surface area contributed by atoms with Crippen LogP contribution in [0.4, 0.5) is 8.78 Å². The fraction of sp³-hybridized carbons (Fsp3) is 0.435. The summed E-state index contributed by atoms with van der Waals surface area (Å²) in [6.45, 7) is 2.31. The highest BCUT2D eigenvalue weighted by atomic mass is 32.2. The minimum atomic E-state index is -1.32. The third-order valence-corrected chi connectivity index (χ3v) is 7.61. The van der Waals surface area contributed by atoms with Gasteiger partial charge in [-0.05, 0) is 0 Å². The zero-order valence-corrected chi connectivity index (χ0v) is 22.9. The van der Waals surface area contributed by atoms with Crippen LogP contribution < -0.4 is 10.6 Å². The molecule has 216 valence electrons. The van der Waals surface area contributed by atoms with Gasteiger partial charge in [-0.25, -0.2) is 19.6 Å². The smallest absolute Gasteiger partial charge is 0.336 e. The molecule has 0 fully saturated rings. The molecule has 2 rings (SSSR count). The zero-order valence-electron chi connectivity index (χ0n) is 21.2. The molecule has 0 radical (unpaired) electrons. The summed E-state index contributed by atoms with van der Waals surface area (Å²) in [5, 5.41) is 20.7. The average Bonchev–Trinajstić information content (AvgIpc) is 2.87. The van der Waals surface area contributed by atoms with Crippen molar-refractivity contribution >= 4 is 53.1 Å². The highest BCUT2D eigenvalue weighted by Gasteiger charge is 2.28. The van der Waals surface area contributed by atoms with Crippen molar-refractivity contribution in [2.45, 2.75) is 49.3 Å². The third-order valence-electron chi connectivity index (χ3n) is 5.11. The van der Waals surface area contributed by atoms with E-state index in [1.807, 2.05) is 0 Å². The molecule has 0 aliphatic carbocycles. The highest BCUT2D eigenvalue weighted by molar-refractivity contribution is 8.00. The molecule has 2 amide bonds. The van der Waals surface area contributed by atoms with Crippen LogP contribution >= 0.6 is 23.5 Å². The van der Waals surface area contributed by atoms with E-state index in [4.69, 9.17) is 0 Å². The van der Waals surface area contributed by atoms with Gasteiger partial charge in [-0.1, -0.05) is 0 Å². The normalized spacial score (nSPS) is 13.9. The maximum atomic E-state index is 13.4. The number of ketones is 1. The molecule has 17 heteroatoms. The van der Waals surface area contributed by atoms with E-state index in [-0.39, 0.29) is 41.5 Å². The summed E-state index contributed by atoms with van der Waals surface area (Å²) in [6.07, 6.45) is 3.52. The van der Waals surface area contributed by atoms with Gasteiger partial charge in [-0.3, -0.25) is 24.4 Å². The third kappa shape index (κ3) is 11.2. The van der Waals surface area contributed by atoms with Gasteiger partial charge in [0.1, 0.15) is 5.78 Å². The molecule has 2 aromatic heterocycles. The van der Waals surface area contributed by atoms with Crippen LogP contribution in [0.3, 0.4) is 0 Å². The van der Waals surface area contributed by atoms with Gasteiger partial charge in [0.05, 0.1) is 36.2 Å². The molecule has 2 heterocycles. The molecule has 40 heavy (non-hydrogen) atoms. The summed E-state index contributed by atoms with van der Waals surface area (Å²) in [4.78, 5) is 74.0. The molecule has 4 N–H and O–H groups in total. The van der Waals surface area contributed by atoms with Gasteiger partial charge in [-0.15, -0.1) is 23.5 Å². The number of amides is 2. The first kappa shape index (κ1) is 32.5. The number of thioether (sulfide) groups is 2. The molecule has 0 spiro atoms. The monoisotopic (exact) mass is 600 g/mol. The first-order chi connectivity index (χ1) is 18.8. The van der Waals surface area contributed by atoms with Crippen LogP contribution in [-0.4, -0.2) is 81.9 Å². The Hall–Kier alpha value is -3.73. The summed E-state index contributed by atoms with van der Waals surface area (Å²) < 4.78 is 26.7. The van der Waals surface area contributed by atoms with E-state index in [0.717, 1.165) is 62.2 Å².